The van der Waals surface area contributed by atoms with Gasteiger partial charge in [0.05, 0.1) is 6.54 Å². The fourth-order valence-electron chi connectivity index (χ4n) is 4.10. The molecule has 2 aliphatic rings. The van der Waals surface area contributed by atoms with E-state index in [1.165, 1.54) is 19.3 Å². The Hall–Kier alpha value is -2.35. The van der Waals surface area contributed by atoms with Crippen molar-refractivity contribution in [1.82, 2.24) is 34.8 Å². The average molecular weight is 369 g/mol. The van der Waals surface area contributed by atoms with Crippen LogP contribution in [0.1, 0.15) is 60.2 Å². The summed E-state index contributed by atoms with van der Waals surface area (Å²) in [5, 5.41) is 16.7. The first-order chi connectivity index (χ1) is 13.2. The lowest BCUT2D eigenvalue weighted by atomic mass is 9.95. The van der Waals surface area contributed by atoms with Gasteiger partial charge in [0, 0.05) is 32.3 Å². The zero-order valence-electron chi connectivity index (χ0n) is 15.9. The highest BCUT2D eigenvalue weighted by Crippen LogP contribution is 2.27. The first-order valence-corrected chi connectivity index (χ1v) is 9.90. The fraction of sp³-hybridized carbons (Fsp3) is 0.632. The van der Waals surface area contributed by atoms with E-state index in [9.17, 15) is 4.79 Å². The van der Waals surface area contributed by atoms with E-state index in [-0.39, 0.29) is 5.91 Å². The summed E-state index contributed by atoms with van der Waals surface area (Å²) in [5.41, 5.74) is 0.415. The molecule has 8 heteroatoms. The molecule has 2 aliphatic heterocycles. The van der Waals surface area contributed by atoms with E-state index in [4.69, 9.17) is 0 Å². The number of carbonyl (C=O) groups is 1. The lowest BCUT2D eigenvalue weighted by Crippen LogP contribution is -2.38. The minimum absolute atomic E-state index is 0.0368. The van der Waals surface area contributed by atoms with Crippen LogP contribution in [0.25, 0.3) is 0 Å². The number of rotatable bonds is 4. The molecule has 0 bridgehead atoms. The number of aromatic nitrogens is 5. The summed E-state index contributed by atoms with van der Waals surface area (Å²) in [6.45, 7) is 4.63. The second-order valence-corrected chi connectivity index (χ2v) is 7.55. The van der Waals surface area contributed by atoms with E-state index in [2.05, 4.69) is 36.9 Å². The van der Waals surface area contributed by atoms with E-state index in [0.717, 1.165) is 44.1 Å². The second kappa shape index (κ2) is 8.12. The Bertz CT molecular complexity index is 762. The Morgan fingerprint density at radius 2 is 1.85 bits per heavy atom. The maximum Gasteiger partial charge on any atom is 0.274 e. The van der Waals surface area contributed by atoms with Crippen molar-refractivity contribution in [2.45, 2.75) is 44.6 Å². The lowest BCUT2D eigenvalue weighted by Gasteiger charge is -2.31. The van der Waals surface area contributed by atoms with Crippen LogP contribution in [0.4, 0.5) is 0 Å². The third-order valence-corrected chi connectivity index (χ3v) is 5.75. The van der Waals surface area contributed by atoms with Crippen LogP contribution in [0.3, 0.4) is 0 Å². The van der Waals surface area contributed by atoms with Crippen molar-refractivity contribution in [3.8, 4) is 0 Å². The summed E-state index contributed by atoms with van der Waals surface area (Å²) in [6, 6.07) is 3.47. The van der Waals surface area contributed by atoms with E-state index in [1.807, 2.05) is 4.90 Å². The van der Waals surface area contributed by atoms with Crippen LogP contribution in [0.5, 0.6) is 0 Å². The fourth-order valence-corrected chi connectivity index (χ4v) is 4.10. The van der Waals surface area contributed by atoms with Crippen molar-refractivity contribution in [1.29, 1.82) is 0 Å². The molecule has 4 rings (SSSR count). The smallest absolute Gasteiger partial charge is 0.274 e. The Morgan fingerprint density at radius 1 is 1.07 bits per heavy atom. The SMILES string of the molecule is Cn1c(CN2CCCCC2)nnc1C1CCN(C(=O)c2cccnn2)CC1. The molecule has 2 aromatic rings. The molecule has 0 radical (unpaired) electrons. The monoisotopic (exact) mass is 369 g/mol. The Kier molecular flexibility index (Phi) is 5.42. The van der Waals surface area contributed by atoms with Gasteiger partial charge in [-0.25, -0.2) is 0 Å². The number of amides is 1. The molecule has 8 nitrogen and oxygen atoms in total. The molecule has 0 saturated carbocycles. The van der Waals surface area contributed by atoms with Crippen molar-refractivity contribution in [2.75, 3.05) is 26.2 Å². The minimum Gasteiger partial charge on any atom is -0.337 e. The lowest BCUT2D eigenvalue weighted by molar-refractivity contribution is 0.0703. The molecule has 2 saturated heterocycles. The van der Waals surface area contributed by atoms with Gasteiger partial charge < -0.3 is 9.47 Å². The molecule has 0 unspecified atom stereocenters. The van der Waals surface area contributed by atoms with Crippen LogP contribution in [0.2, 0.25) is 0 Å². The Balaban J connectivity index is 1.36. The largest absolute Gasteiger partial charge is 0.337 e. The van der Waals surface area contributed by atoms with Crippen LogP contribution in [-0.2, 0) is 13.6 Å². The van der Waals surface area contributed by atoms with Crippen molar-refractivity contribution in [3.63, 3.8) is 0 Å². The van der Waals surface area contributed by atoms with Gasteiger partial charge in [-0.05, 0) is 50.9 Å². The van der Waals surface area contributed by atoms with E-state index >= 15 is 0 Å². The zero-order chi connectivity index (χ0) is 18.6. The van der Waals surface area contributed by atoms with E-state index in [1.54, 1.807) is 18.3 Å². The molecule has 0 aromatic carbocycles. The van der Waals surface area contributed by atoms with Crippen molar-refractivity contribution >= 4 is 5.91 Å². The molecular weight excluding hydrogens is 342 g/mol. The van der Waals surface area contributed by atoms with Gasteiger partial charge >= 0.3 is 0 Å². The predicted molar refractivity (Wildman–Crippen MR) is 100 cm³/mol. The molecule has 27 heavy (non-hydrogen) atoms. The molecule has 0 N–H and O–H groups in total. The van der Waals surface area contributed by atoms with Crippen LogP contribution in [0, 0.1) is 0 Å². The summed E-state index contributed by atoms with van der Waals surface area (Å²) in [7, 11) is 2.08. The maximum atomic E-state index is 12.5. The first kappa shape index (κ1) is 18.0. The maximum absolute atomic E-state index is 12.5. The molecule has 2 fully saturated rings. The minimum atomic E-state index is -0.0368. The van der Waals surface area contributed by atoms with Gasteiger partial charge in [0.1, 0.15) is 11.6 Å². The summed E-state index contributed by atoms with van der Waals surface area (Å²) in [6.07, 6.45) is 7.29. The third-order valence-electron chi connectivity index (χ3n) is 5.75. The second-order valence-electron chi connectivity index (χ2n) is 7.55. The average Bonchev–Trinajstić information content (AvgIpc) is 3.09. The highest BCUT2D eigenvalue weighted by molar-refractivity contribution is 5.92. The summed E-state index contributed by atoms with van der Waals surface area (Å²) >= 11 is 0. The van der Waals surface area contributed by atoms with Crippen molar-refractivity contribution in [3.05, 3.63) is 35.7 Å². The van der Waals surface area contributed by atoms with Crippen LogP contribution in [-0.4, -0.2) is 66.8 Å². The van der Waals surface area contributed by atoms with E-state index in [0.29, 0.717) is 24.7 Å². The van der Waals surface area contributed by atoms with Crippen LogP contribution in [0.15, 0.2) is 18.3 Å². The van der Waals surface area contributed by atoms with Gasteiger partial charge in [0.2, 0.25) is 0 Å². The van der Waals surface area contributed by atoms with Crippen molar-refractivity contribution in [2.24, 2.45) is 7.05 Å². The standard InChI is InChI=1S/C19H27N7O/c1-24-17(14-25-10-3-2-4-11-25)22-23-18(24)15-7-12-26(13-8-15)19(27)16-6-5-9-20-21-16/h5-6,9,15H,2-4,7-8,10-14H2,1H3. The van der Waals surface area contributed by atoms with Gasteiger partial charge in [0.15, 0.2) is 5.69 Å². The number of hydrogen-bond acceptors (Lipinski definition) is 6. The number of carbonyl (C=O) groups excluding carboxylic acids is 1. The quantitative estimate of drug-likeness (QED) is 0.815. The Morgan fingerprint density at radius 3 is 2.56 bits per heavy atom. The molecule has 1 amide bonds. The molecule has 2 aromatic heterocycles. The first-order valence-electron chi connectivity index (χ1n) is 9.90. The predicted octanol–water partition coefficient (Wildman–Crippen LogP) is 1.61. The summed E-state index contributed by atoms with van der Waals surface area (Å²) in [5.74, 6) is 2.41. The number of nitrogens with zero attached hydrogens (tertiary/aromatic N) is 7. The van der Waals surface area contributed by atoms with Gasteiger partial charge in [-0.3, -0.25) is 9.69 Å². The molecular formula is C19H27N7O. The topological polar surface area (TPSA) is 80.0 Å². The van der Waals surface area contributed by atoms with Crippen LogP contribution < -0.4 is 0 Å². The Labute approximate surface area is 159 Å². The zero-order valence-corrected chi connectivity index (χ0v) is 15.9. The number of likely N-dealkylation sites (tertiary alicyclic amines) is 2. The number of hydrogen-bond donors (Lipinski definition) is 0. The van der Waals surface area contributed by atoms with Gasteiger partial charge in [0.25, 0.3) is 5.91 Å². The molecule has 4 heterocycles. The van der Waals surface area contributed by atoms with Crippen LogP contribution >= 0.6 is 0 Å². The normalized spacial score (nSPS) is 19.4. The molecule has 144 valence electrons. The van der Waals surface area contributed by atoms with Gasteiger partial charge in [-0.15, -0.1) is 15.3 Å². The highest BCUT2D eigenvalue weighted by atomic mass is 16.2. The molecule has 0 aliphatic carbocycles. The number of piperidine rings is 2. The highest BCUT2D eigenvalue weighted by Gasteiger charge is 2.28. The van der Waals surface area contributed by atoms with Gasteiger partial charge in [-0.1, -0.05) is 6.42 Å². The summed E-state index contributed by atoms with van der Waals surface area (Å²) in [4.78, 5) is 16.9. The molecule has 0 spiro atoms. The van der Waals surface area contributed by atoms with E-state index < -0.39 is 0 Å². The third kappa shape index (κ3) is 4.00. The van der Waals surface area contributed by atoms with Gasteiger partial charge in [-0.2, -0.15) is 5.10 Å². The summed E-state index contributed by atoms with van der Waals surface area (Å²) < 4.78 is 2.17. The molecule has 0 atom stereocenters. The van der Waals surface area contributed by atoms with Crippen molar-refractivity contribution < 1.29 is 4.79 Å².